The molecule has 2 aromatic carbocycles. The van der Waals surface area contributed by atoms with Gasteiger partial charge in [0, 0.05) is 18.1 Å². The highest BCUT2D eigenvalue weighted by Crippen LogP contribution is 2.29. The standard InChI is InChI=1S/C23H30N2O3S/c1-17(19-11-10-18-6-2-3-7-20(18)14-19)24-15-23(26)25(21-8-4-5-9-21)22-12-13-29(27,28)16-22/h2-3,6-7,10-11,14,17,21-22,24H,4-5,8-9,12-13,15-16H2,1H3/t17-,22+/m0/s1. The van der Waals surface area contributed by atoms with E-state index >= 15 is 0 Å². The Kier molecular flexibility index (Phi) is 5.93. The first-order valence-corrected chi connectivity index (χ1v) is 12.5. The number of nitrogens with one attached hydrogen (secondary N) is 1. The van der Waals surface area contributed by atoms with Crippen LogP contribution in [0.3, 0.4) is 0 Å². The SMILES string of the molecule is C[C@H](NCC(=O)N(C1CCCC1)[C@@H]1CCS(=O)(=O)C1)c1ccc2ccccc2c1. The fourth-order valence-electron chi connectivity index (χ4n) is 4.81. The number of benzene rings is 2. The minimum Gasteiger partial charge on any atom is -0.335 e. The molecule has 0 unspecified atom stereocenters. The van der Waals surface area contributed by atoms with Gasteiger partial charge in [-0.2, -0.15) is 0 Å². The van der Waals surface area contributed by atoms with Crippen molar-refractivity contribution in [3.05, 3.63) is 48.0 Å². The Labute approximate surface area is 173 Å². The van der Waals surface area contributed by atoms with Gasteiger partial charge in [0.25, 0.3) is 0 Å². The van der Waals surface area contributed by atoms with Gasteiger partial charge < -0.3 is 10.2 Å². The zero-order valence-electron chi connectivity index (χ0n) is 17.0. The van der Waals surface area contributed by atoms with Gasteiger partial charge in [-0.25, -0.2) is 8.42 Å². The Balaban J connectivity index is 1.44. The number of carbonyl (C=O) groups excluding carboxylic acids is 1. The fraction of sp³-hybridized carbons (Fsp3) is 0.522. The van der Waals surface area contributed by atoms with Gasteiger partial charge in [0.05, 0.1) is 18.1 Å². The Hall–Kier alpha value is -1.92. The maximum absolute atomic E-state index is 13.1. The van der Waals surface area contributed by atoms with Crippen molar-refractivity contribution in [1.29, 1.82) is 0 Å². The molecule has 2 aliphatic rings. The van der Waals surface area contributed by atoms with Crippen LogP contribution in [0.1, 0.15) is 50.6 Å². The molecule has 29 heavy (non-hydrogen) atoms. The summed E-state index contributed by atoms with van der Waals surface area (Å²) in [5.74, 6) is 0.358. The van der Waals surface area contributed by atoms with Crippen LogP contribution in [-0.4, -0.2) is 49.4 Å². The first-order chi connectivity index (χ1) is 13.9. The van der Waals surface area contributed by atoms with Gasteiger partial charge in [0.15, 0.2) is 9.84 Å². The lowest BCUT2D eigenvalue weighted by Gasteiger charge is -2.34. The molecular formula is C23H30N2O3S. The summed E-state index contributed by atoms with van der Waals surface area (Å²) in [7, 11) is -3.01. The molecule has 2 fully saturated rings. The number of rotatable bonds is 6. The van der Waals surface area contributed by atoms with E-state index < -0.39 is 9.84 Å². The Morgan fingerprint density at radius 1 is 1.07 bits per heavy atom. The molecule has 0 aromatic heterocycles. The minimum absolute atomic E-state index is 0.0339. The van der Waals surface area contributed by atoms with Crippen molar-refractivity contribution in [2.75, 3.05) is 18.1 Å². The molecule has 6 heteroatoms. The summed E-state index contributed by atoms with van der Waals surface area (Å²) in [4.78, 5) is 15.1. The number of fused-ring (bicyclic) bond motifs is 1. The van der Waals surface area contributed by atoms with Crippen molar-refractivity contribution < 1.29 is 13.2 Å². The second kappa shape index (κ2) is 8.44. The van der Waals surface area contributed by atoms with Crippen LogP contribution in [0.2, 0.25) is 0 Å². The van der Waals surface area contributed by atoms with E-state index in [9.17, 15) is 13.2 Å². The molecule has 0 bridgehead atoms. The quantitative estimate of drug-likeness (QED) is 0.786. The molecule has 1 heterocycles. The molecule has 1 aliphatic carbocycles. The highest BCUT2D eigenvalue weighted by molar-refractivity contribution is 7.91. The normalized spacial score (nSPS) is 22.7. The summed E-state index contributed by atoms with van der Waals surface area (Å²) >= 11 is 0. The van der Waals surface area contributed by atoms with Crippen LogP contribution < -0.4 is 5.32 Å². The highest BCUT2D eigenvalue weighted by atomic mass is 32.2. The molecule has 0 radical (unpaired) electrons. The Morgan fingerprint density at radius 2 is 1.79 bits per heavy atom. The van der Waals surface area contributed by atoms with Crippen LogP contribution in [0.15, 0.2) is 42.5 Å². The van der Waals surface area contributed by atoms with Crippen molar-refractivity contribution in [2.45, 2.75) is 57.2 Å². The van der Waals surface area contributed by atoms with Gasteiger partial charge in [-0.05, 0) is 48.6 Å². The van der Waals surface area contributed by atoms with Gasteiger partial charge in [0.1, 0.15) is 0 Å². The van der Waals surface area contributed by atoms with Crippen LogP contribution in [0.5, 0.6) is 0 Å². The third-order valence-electron chi connectivity index (χ3n) is 6.44. The zero-order chi connectivity index (χ0) is 20.4. The summed E-state index contributed by atoms with van der Waals surface area (Å²) in [6.45, 7) is 2.30. The van der Waals surface area contributed by atoms with E-state index in [0.717, 1.165) is 31.2 Å². The maximum atomic E-state index is 13.1. The van der Waals surface area contributed by atoms with Gasteiger partial charge >= 0.3 is 0 Å². The van der Waals surface area contributed by atoms with Crippen molar-refractivity contribution in [3.8, 4) is 0 Å². The van der Waals surface area contributed by atoms with E-state index in [1.807, 2.05) is 17.0 Å². The second-order valence-corrected chi connectivity index (χ2v) is 10.7. The molecule has 1 saturated heterocycles. The van der Waals surface area contributed by atoms with Gasteiger partial charge in [0.2, 0.25) is 5.91 Å². The number of carbonyl (C=O) groups is 1. The molecule has 2 aromatic rings. The largest absolute Gasteiger partial charge is 0.335 e. The molecule has 1 amide bonds. The predicted octanol–water partition coefficient (Wildman–Crippen LogP) is 3.45. The molecular weight excluding hydrogens is 384 g/mol. The van der Waals surface area contributed by atoms with Crippen molar-refractivity contribution in [1.82, 2.24) is 10.2 Å². The summed E-state index contributed by atoms with van der Waals surface area (Å²) in [6.07, 6.45) is 4.79. The van der Waals surface area contributed by atoms with E-state index in [1.54, 1.807) is 0 Å². The first-order valence-electron chi connectivity index (χ1n) is 10.7. The summed E-state index contributed by atoms with van der Waals surface area (Å²) < 4.78 is 24.0. The lowest BCUT2D eigenvalue weighted by atomic mass is 10.0. The third-order valence-corrected chi connectivity index (χ3v) is 8.19. The van der Waals surface area contributed by atoms with E-state index in [4.69, 9.17) is 0 Å². The first kappa shape index (κ1) is 20.4. The van der Waals surface area contributed by atoms with E-state index in [0.29, 0.717) is 6.42 Å². The number of amides is 1. The third kappa shape index (κ3) is 4.64. The number of hydrogen-bond acceptors (Lipinski definition) is 4. The molecule has 4 rings (SSSR count). The zero-order valence-corrected chi connectivity index (χ0v) is 17.8. The van der Waals surface area contributed by atoms with Crippen LogP contribution in [0.25, 0.3) is 10.8 Å². The minimum atomic E-state index is -3.01. The van der Waals surface area contributed by atoms with Crippen LogP contribution in [0.4, 0.5) is 0 Å². The van der Waals surface area contributed by atoms with Crippen LogP contribution in [-0.2, 0) is 14.6 Å². The van der Waals surface area contributed by atoms with Gasteiger partial charge in [-0.3, -0.25) is 4.79 Å². The number of sulfone groups is 1. The highest BCUT2D eigenvalue weighted by Gasteiger charge is 2.38. The lowest BCUT2D eigenvalue weighted by Crippen LogP contribution is -2.50. The molecule has 1 aliphatic heterocycles. The van der Waals surface area contributed by atoms with Crippen LogP contribution in [0, 0.1) is 0 Å². The molecule has 5 nitrogen and oxygen atoms in total. The molecule has 1 N–H and O–H groups in total. The molecule has 0 spiro atoms. The van der Waals surface area contributed by atoms with E-state index in [-0.39, 0.29) is 42.1 Å². The second-order valence-electron chi connectivity index (χ2n) is 8.51. The maximum Gasteiger partial charge on any atom is 0.237 e. The van der Waals surface area contributed by atoms with Crippen molar-refractivity contribution >= 4 is 26.5 Å². The van der Waals surface area contributed by atoms with Gasteiger partial charge in [-0.1, -0.05) is 49.2 Å². The summed E-state index contributed by atoms with van der Waals surface area (Å²) in [5, 5.41) is 5.76. The van der Waals surface area contributed by atoms with Crippen molar-refractivity contribution in [3.63, 3.8) is 0 Å². The smallest absolute Gasteiger partial charge is 0.237 e. The lowest BCUT2D eigenvalue weighted by molar-refractivity contribution is -0.134. The Morgan fingerprint density at radius 3 is 2.48 bits per heavy atom. The average Bonchev–Trinajstić information content (AvgIpc) is 3.36. The molecule has 1 saturated carbocycles. The summed E-state index contributed by atoms with van der Waals surface area (Å²) in [6, 6.07) is 14.7. The number of nitrogens with zero attached hydrogens (tertiary/aromatic N) is 1. The molecule has 2 atom stereocenters. The fourth-order valence-corrected chi connectivity index (χ4v) is 6.52. The van der Waals surface area contributed by atoms with E-state index in [2.05, 4.69) is 42.6 Å². The number of hydrogen-bond donors (Lipinski definition) is 1. The topological polar surface area (TPSA) is 66.5 Å². The molecule has 156 valence electrons. The summed E-state index contributed by atoms with van der Waals surface area (Å²) in [5.41, 5.74) is 1.15. The predicted molar refractivity (Wildman–Crippen MR) is 117 cm³/mol. The average molecular weight is 415 g/mol. The van der Waals surface area contributed by atoms with Crippen molar-refractivity contribution in [2.24, 2.45) is 0 Å². The van der Waals surface area contributed by atoms with E-state index in [1.165, 1.54) is 10.8 Å². The van der Waals surface area contributed by atoms with Gasteiger partial charge in [-0.15, -0.1) is 0 Å². The Bertz CT molecular complexity index is 983. The van der Waals surface area contributed by atoms with Crippen LogP contribution >= 0.6 is 0 Å². The monoisotopic (exact) mass is 414 g/mol.